The highest BCUT2D eigenvalue weighted by atomic mass is 35.5. The Hall–Kier alpha value is -3.36. The molecule has 3 aromatic carbocycles. The minimum Gasteiger partial charge on any atom is -0.352 e. The van der Waals surface area contributed by atoms with E-state index < -0.39 is 28.5 Å². The van der Waals surface area contributed by atoms with Crippen molar-refractivity contribution >= 4 is 39.1 Å². The third-order valence-corrected chi connectivity index (χ3v) is 8.83. The van der Waals surface area contributed by atoms with Crippen LogP contribution in [0.2, 0.25) is 5.02 Å². The first-order valence-electron chi connectivity index (χ1n) is 12.9. The van der Waals surface area contributed by atoms with E-state index in [1.807, 2.05) is 27.7 Å². The van der Waals surface area contributed by atoms with Gasteiger partial charge in [-0.25, -0.2) is 8.42 Å². The van der Waals surface area contributed by atoms with Crippen LogP contribution in [0.4, 0.5) is 5.69 Å². The van der Waals surface area contributed by atoms with Crippen LogP contribution in [0.15, 0.2) is 77.7 Å². The quantitative estimate of drug-likeness (QED) is 0.331. The van der Waals surface area contributed by atoms with Crippen LogP contribution in [0.1, 0.15) is 43.9 Å². The average molecular weight is 570 g/mol. The van der Waals surface area contributed by atoms with Gasteiger partial charge in [0.15, 0.2) is 0 Å². The van der Waals surface area contributed by atoms with E-state index >= 15 is 0 Å². The predicted octanol–water partition coefficient (Wildman–Crippen LogP) is 5.48. The van der Waals surface area contributed by atoms with Crippen LogP contribution in [-0.2, 0) is 26.2 Å². The van der Waals surface area contributed by atoms with Crippen LogP contribution in [0, 0.1) is 13.8 Å². The third kappa shape index (κ3) is 7.61. The number of sulfonamides is 1. The van der Waals surface area contributed by atoms with Gasteiger partial charge in [0.05, 0.1) is 10.6 Å². The molecule has 0 aliphatic carbocycles. The summed E-state index contributed by atoms with van der Waals surface area (Å²) in [5.74, 6) is -0.856. The van der Waals surface area contributed by atoms with Crippen molar-refractivity contribution in [1.82, 2.24) is 10.2 Å². The first-order valence-corrected chi connectivity index (χ1v) is 14.7. The van der Waals surface area contributed by atoms with Gasteiger partial charge in [0, 0.05) is 17.6 Å². The lowest BCUT2D eigenvalue weighted by Crippen LogP contribution is -2.52. The van der Waals surface area contributed by atoms with Crippen molar-refractivity contribution in [2.75, 3.05) is 10.8 Å². The fourth-order valence-corrected chi connectivity index (χ4v) is 5.55. The Labute approximate surface area is 236 Å². The molecule has 0 radical (unpaired) electrons. The standard InChI is InChI=1S/C30H36ClN3O4S/c1-6-23(4)32-30(36)24(5)33(19-25-9-7-8-10-28(25)31)29(35)20-34(26-15-11-21(2)12-16-26)39(37,38)27-17-13-22(3)14-18-27/h7-18,23-24H,6,19-20H2,1-5H3,(H,32,36)/t23-,24-/m1/s1. The van der Waals surface area contributed by atoms with E-state index in [4.69, 9.17) is 11.6 Å². The summed E-state index contributed by atoms with van der Waals surface area (Å²) < 4.78 is 28.8. The lowest BCUT2D eigenvalue weighted by molar-refractivity contribution is -0.139. The van der Waals surface area contributed by atoms with Crippen molar-refractivity contribution in [3.05, 3.63) is 94.5 Å². The third-order valence-electron chi connectivity index (χ3n) is 6.68. The van der Waals surface area contributed by atoms with Gasteiger partial charge in [-0.3, -0.25) is 13.9 Å². The molecule has 0 saturated carbocycles. The fourth-order valence-electron chi connectivity index (χ4n) is 3.94. The Morgan fingerprint density at radius 2 is 1.46 bits per heavy atom. The summed E-state index contributed by atoms with van der Waals surface area (Å²) in [5, 5.41) is 3.37. The second-order valence-electron chi connectivity index (χ2n) is 9.77. The van der Waals surface area contributed by atoms with Gasteiger partial charge in [-0.1, -0.05) is 72.1 Å². The zero-order valence-electron chi connectivity index (χ0n) is 23.0. The van der Waals surface area contributed by atoms with Gasteiger partial charge in [-0.2, -0.15) is 0 Å². The molecule has 9 heteroatoms. The van der Waals surface area contributed by atoms with E-state index in [-0.39, 0.29) is 23.4 Å². The molecule has 39 heavy (non-hydrogen) atoms. The molecule has 3 rings (SSSR count). The molecule has 1 N–H and O–H groups in total. The number of anilines is 1. The zero-order valence-corrected chi connectivity index (χ0v) is 24.6. The lowest BCUT2D eigenvalue weighted by Gasteiger charge is -2.32. The van der Waals surface area contributed by atoms with E-state index in [0.717, 1.165) is 21.9 Å². The van der Waals surface area contributed by atoms with Gasteiger partial charge < -0.3 is 10.2 Å². The molecule has 2 atom stereocenters. The minimum atomic E-state index is -4.10. The smallest absolute Gasteiger partial charge is 0.264 e. The largest absolute Gasteiger partial charge is 0.352 e. The lowest BCUT2D eigenvalue weighted by atomic mass is 10.1. The number of hydrogen-bond acceptors (Lipinski definition) is 4. The van der Waals surface area contributed by atoms with Gasteiger partial charge >= 0.3 is 0 Å². The van der Waals surface area contributed by atoms with Crippen LogP contribution >= 0.6 is 11.6 Å². The van der Waals surface area contributed by atoms with Crippen LogP contribution in [0.5, 0.6) is 0 Å². The highest BCUT2D eigenvalue weighted by molar-refractivity contribution is 7.92. The molecule has 0 aromatic heterocycles. The fraction of sp³-hybridized carbons (Fsp3) is 0.333. The molecule has 208 valence electrons. The monoisotopic (exact) mass is 569 g/mol. The first kappa shape index (κ1) is 30.2. The molecule has 0 fully saturated rings. The number of nitrogens with zero attached hydrogens (tertiary/aromatic N) is 2. The van der Waals surface area contributed by atoms with Crippen LogP contribution in [0.25, 0.3) is 0 Å². The van der Waals surface area contributed by atoms with Crippen LogP contribution in [0.3, 0.4) is 0 Å². The molecule has 0 unspecified atom stereocenters. The van der Waals surface area contributed by atoms with Crippen molar-refractivity contribution in [2.24, 2.45) is 0 Å². The minimum absolute atomic E-state index is 0.0416. The number of aryl methyl sites for hydroxylation is 2. The maximum Gasteiger partial charge on any atom is 0.264 e. The molecule has 0 heterocycles. The predicted molar refractivity (Wildman–Crippen MR) is 156 cm³/mol. The van der Waals surface area contributed by atoms with Gasteiger partial charge in [-0.05, 0) is 70.0 Å². The van der Waals surface area contributed by atoms with Crippen molar-refractivity contribution < 1.29 is 18.0 Å². The number of amides is 2. The Balaban J connectivity index is 2.03. The number of carbonyl (C=O) groups is 2. The van der Waals surface area contributed by atoms with E-state index in [0.29, 0.717) is 16.3 Å². The number of nitrogens with one attached hydrogen (secondary N) is 1. The summed E-state index contributed by atoms with van der Waals surface area (Å²) in [6, 6.07) is 19.5. The molecule has 7 nitrogen and oxygen atoms in total. The zero-order chi connectivity index (χ0) is 28.7. The van der Waals surface area contributed by atoms with Crippen molar-refractivity contribution in [1.29, 1.82) is 0 Å². The van der Waals surface area contributed by atoms with Gasteiger partial charge in [-0.15, -0.1) is 0 Å². The Kier molecular flexibility index (Phi) is 10.2. The summed E-state index contributed by atoms with van der Waals surface area (Å²) in [6.07, 6.45) is 0.729. The number of carbonyl (C=O) groups excluding carboxylic acids is 2. The van der Waals surface area contributed by atoms with Gasteiger partial charge in [0.2, 0.25) is 11.8 Å². The van der Waals surface area contributed by atoms with E-state index in [1.54, 1.807) is 67.6 Å². The van der Waals surface area contributed by atoms with Crippen molar-refractivity contribution in [2.45, 2.75) is 64.6 Å². The molecule has 0 spiro atoms. The van der Waals surface area contributed by atoms with E-state index in [2.05, 4.69) is 5.32 Å². The van der Waals surface area contributed by atoms with Gasteiger partial charge in [0.1, 0.15) is 12.6 Å². The molecule has 2 amide bonds. The van der Waals surface area contributed by atoms with Crippen molar-refractivity contribution in [3.63, 3.8) is 0 Å². The molecule has 3 aromatic rings. The topological polar surface area (TPSA) is 86.8 Å². The molecule has 0 aliphatic rings. The summed E-state index contributed by atoms with van der Waals surface area (Å²) in [5.41, 5.74) is 2.87. The molecule has 0 bridgehead atoms. The first-order chi connectivity index (χ1) is 18.4. The number of hydrogen-bond donors (Lipinski definition) is 1. The van der Waals surface area contributed by atoms with Crippen LogP contribution < -0.4 is 9.62 Å². The SMILES string of the molecule is CC[C@@H](C)NC(=O)[C@@H](C)N(Cc1ccccc1Cl)C(=O)CN(c1ccc(C)cc1)S(=O)(=O)c1ccc(C)cc1. The highest BCUT2D eigenvalue weighted by Gasteiger charge is 2.33. The average Bonchev–Trinajstić information content (AvgIpc) is 2.91. The summed E-state index contributed by atoms with van der Waals surface area (Å²) >= 11 is 6.40. The maximum atomic E-state index is 13.9. The normalized spacial score (nSPS) is 12.9. The van der Waals surface area contributed by atoms with E-state index in [1.165, 1.54) is 17.0 Å². The summed E-state index contributed by atoms with van der Waals surface area (Å²) in [4.78, 5) is 28.5. The second-order valence-corrected chi connectivity index (χ2v) is 12.0. The summed E-state index contributed by atoms with van der Waals surface area (Å²) in [7, 11) is -4.10. The van der Waals surface area contributed by atoms with Crippen molar-refractivity contribution in [3.8, 4) is 0 Å². The Morgan fingerprint density at radius 1 is 0.897 bits per heavy atom. The Morgan fingerprint density at radius 3 is 2.03 bits per heavy atom. The van der Waals surface area contributed by atoms with E-state index in [9.17, 15) is 18.0 Å². The molecular weight excluding hydrogens is 534 g/mol. The maximum absolute atomic E-state index is 13.9. The van der Waals surface area contributed by atoms with Crippen LogP contribution in [-0.4, -0.2) is 43.8 Å². The molecule has 0 aliphatic heterocycles. The van der Waals surface area contributed by atoms with Gasteiger partial charge in [0.25, 0.3) is 10.0 Å². The second kappa shape index (κ2) is 13.1. The molecule has 0 saturated heterocycles. The number of halogens is 1. The Bertz CT molecular complexity index is 1390. The summed E-state index contributed by atoms with van der Waals surface area (Å²) in [6.45, 7) is 8.80. The number of rotatable bonds is 11. The highest BCUT2D eigenvalue weighted by Crippen LogP contribution is 2.26. The number of benzene rings is 3. The molecular formula is C30H36ClN3O4S.